The number of nitrogens with zero attached hydrogens (tertiary/aromatic N) is 2. The topological polar surface area (TPSA) is 24.7 Å². The molecule has 0 unspecified atom stereocenters. The predicted molar refractivity (Wildman–Crippen MR) is 60.4 cm³/mol. The lowest BCUT2D eigenvalue weighted by atomic mass is 10.1. The second-order valence-corrected chi connectivity index (χ2v) is 2.03. The molecule has 0 radical (unpaired) electrons. The van der Waals surface area contributed by atoms with Gasteiger partial charge < -0.3 is 0 Å². The third-order valence-electron chi connectivity index (χ3n) is 1.37. The van der Waals surface area contributed by atoms with Crippen LogP contribution in [-0.2, 0) is 0 Å². The fourth-order valence-electron chi connectivity index (χ4n) is 0.847. The summed E-state index contributed by atoms with van der Waals surface area (Å²) in [4.78, 5) is 8.00. The Hall–Kier alpha value is -1.44. The van der Waals surface area contributed by atoms with Crippen molar-refractivity contribution in [3.8, 4) is 0 Å². The van der Waals surface area contributed by atoms with E-state index < -0.39 is 0 Å². The minimum atomic E-state index is 0.866. The van der Waals surface area contributed by atoms with Crippen LogP contribution in [0.15, 0.2) is 46.7 Å². The van der Waals surface area contributed by atoms with Crippen LogP contribution >= 0.6 is 0 Å². The first-order valence-electron chi connectivity index (χ1n) is 4.43. The summed E-state index contributed by atoms with van der Waals surface area (Å²) in [6, 6.07) is 0. The lowest BCUT2D eigenvalue weighted by Crippen LogP contribution is -2.04. The molecule has 0 N–H and O–H groups in total. The monoisotopic (exact) mass is 176 g/mol. The smallest absolute Gasteiger partial charge is 0.0881 e. The molecular weight excluding hydrogens is 160 g/mol. The van der Waals surface area contributed by atoms with E-state index in [1.54, 1.807) is 12.4 Å². The van der Waals surface area contributed by atoms with Gasteiger partial charge in [-0.3, -0.25) is 9.98 Å². The summed E-state index contributed by atoms with van der Waals surface area (Å²) >= 11 is 0. The molecule has 2 nitrogen and oxygen atoms in total. The van der Waals surface area contributed by atoms with Gasteiger partial charge in [0.2, 0.25) is 0 Å². The average molecular weight is 176 g/mol. The van der Waals surface area contributed by atoms with Crippen LogP contribution in [0.1, 0.15) is 20.8 Å². The summed E-state index contributed by atoms with van der Waals surface area (Å²) in [7, 11) is 0. The highest BCUT2D eigenvalue weighted by atomic mass is 14.8. The van der Waals surface area contributed by atoms with Gasteiger partial charge in [0.1, 0.15) is 0 Å². The Morgan fingerprint density at radius 1 is 1.46 bits per heavy atom. The van der Waals surface area contributed by atoms with Gasteiger partial charge in [-0.2, -0.15) is 0 Å². The van der Waals surface area contributed by atoms with Crippen LogP contribution in [0.2, 0.25) is 0 Å². The second kappa shape index (κ2) is 7.22. The van der Waals surface area contributed by atoms with Crippen molar-refractivity contribution in [1.29, 1.82) is 0 Å². The molecule has 0 saturated heterocycles. The Morgan fingerprint density at radius 2 is 2.15 bits per heavy atom. The Morgan fingerprint density at radius 3 is 2.69 bits per heavy atom. The molecule has 1 aliphatic heterocycles. The standard InChI is InChI=1S/C9H10N2.C2H6/c1-3-8-5-6-10-7-9(8)11-4-2;1-2/h3-7H,2H2,1H3;1-2H3/b8-3-,11-9?;. The van der Waals surface area contributed by atoms with Crippen LogP contribution in [-0.4, -0.2) is 11.9 Å². The molecule has 0 aliphatic carbocycles. The van der Waals surface area contributed by atoms with Crippen LogP contribution in [0.5, 0.6) is 0 Å². The largest absolute Gasteiger partial charge is 0.262 e. The average Bonchev–Trinajstić information content (AvgIpc) is 2.22. The highest BCUT2D eigenvalue weighted by Gasteiger charge is 2.00. The van der Waals surface area contributed by atoms with E-state index in [0.717, 1.165) is 11.3 Å². The Balaban J connectivity index is 0.000000671. The van der Waals surface area contributed by atoms with Crippen molar-refractivity contribution < 1.29 is 0 Å². The Labute approximate surface area is 80.1 Å². The van der Waals surface area contributed by atoms with Crippen molar-refractivity contribution in [2.45, 2.75) is 20.8 Å². The van der Waals surface area contributed by atoms with Crippen molar-refractivity contribution in [2.75, 3.05) is 0 Å². The SMILES string of the molecule is C=CN=C1C=NC=C/C1=C/C.CC. The lowest BCUT2D eigenvalue weighted by Gasteiger charge is -2.02. The first-order chi connectivity index (χ1) is 6.38. The number of allylic oxidation sites excluding steroid dienone is 3. The predicted octanol–water partition coefficient (Wildman–Crippen LogP) is 3.14. The molecule has 0 saturated carbocycles. The van der Waals surface area contributed by atoms with Gasteiger partial charge in [-0.05, 0) is 18.6 Å². The fourth-order valence-corrected chi connectivity index (χ4v) is 0.847. The van der Waals surface area contributed by atoms with Gasteiger partial charge in [0.25, 0.3) is 0 Å². The van der Waals surface area contributed by atoms with E-state index in [1.807, 2.05) is 32.9 Å². The van der Waals surface area contributed by atoms with Crippen LogP contribution in [0.25, 0.3) is 0 Å². The Bertz CT molecular complexity index is 268. The van der Waals surface area contributed by atoms with Gasteiger partial charge in [0.15, 0.2) is 0 Å². The molecule has 0 aromatic heterocycles. The molecule has 0 bridgehead atoms. The molecule has 13 heavy (non-hydrogen) atoms. The molecule has 0 aromatic rings. The lowest BCUT2D eigenvalue weighted by molar-refractivity contribution is 1.49. The van der Waals surface area contributed by atoms with Crippen LogP contribution in [0.3, 0.4) is 0 Å². The number of aliphatic imine (C=N–C) groups is 2. The van der Waals surface area contributed by atoms with E-state index in [4.69, 9.17) is 0 Å². The molecule has 0 fully saturated rings. The molecule has 0 amide bonds. The minimum Gasteiger partial charge on any atom is -0.262 e. The molecule has 0 aromatic carbocycles. The van der Waals surface area contributed by atoms with Gasteiger partial charge in [0.05, 0.1) is 11.9 Å². The van der Waals surface area contributed by atoms with E-state index in [0.29, 0.717) is 0 Å². The highest BCUT2D eigenvalue weighted by Crippen LogP contribution is 2.04. The first-order valence-corrected chi connectivity index (χ1v) is 4.43. The van der Waals surface area contributed by atoms with Crippen molar-refractivity contribution in [2.24, 2.45) is 9.98 Å². The summed E-state index contributed by atoms with van der Waals surface area (Å²) in [5.74, 6) is 0. The summed E-state index contributed by atoms with van der Waals surface area (Å²) in [5.41, 5.74) is 1.95. The molecule has 1 heterocycles. The quantitative estimate of drug-likeness (QED) is 0.586. The van der Waals surface area contributed by atoms with E-state index in [9.17, 15) is 0 Å². The molecule has 70 valence electrons. The van der Waals surface area contributed by atoms with Gasteiger partial charge in [0, 0.05) is 12.4 Å². The summed E-state index contributed by atoms with van der Waals surface area (Å²) in [5, 5.41) is 0. The molecule has 0 spiro atoms. The maximum absolute atomic E-state index is 4.05. The van der Waals surface area contributed by atoms with E-state index in [2.05, 4.69) is 16.6 Å². The zero-order valence-electron chi connectivity index (χ0n) is 8.49. The molecular formula is C11H16N2. The highest BCUT2D eigenvalue weighted by molar-refractivity contribution is 6.39. The number of rotatable bonds is 1. The normalized spacial score (nSPS) is 19.9. The van der Waals surface area contributed by atoms with Crippen molar-refractivity contribution >= 4 is 11.9 Å². The van der Waals surface area contributed by atoms with Gasteiger partial charge >= 0.3 is 0 Å². The number of hydrogen-bond acceptors (Lipinski definition) is 2. The second-order valence-electron chi connectivity index (χ2n) is 2.03. The van der Waals surface area contributed by atoms with Crippen molar-refractivity contribution in [3.63, 3.8) is 0 Å². The fraction of sp³-hybridized carbons (Fsp3) is 0.273. The van der Waals surface area contributed by atoms with Crippen LogP contribution < -0.4 is 0 Å². The molecule has 0 atom stereocenters. The third kappa shape index (κ3) is 3.65. The van der Waals surface area contributed by atoms with Crippen molar-refractivity contribution in [3.05, 3.63) is 36.7 Å². The van der Waals surface area contributed by atoms with E-state index >= 15 is 0 Å². The summed E-state index contributed by atoms with van der Waals surface area (Å²) < 4.78 is 0. The van der Waals surface area contributed by atoms with E-state index in [-0.39, 0.29) is 0 Å². The molecule has 1 aliphatic rings. The summed E-state index contributed by atoms with van der Waals surface area (Å²) in [6.07, 6.45) is 8.89. The minimum absolute atomic E-state index is 0.866. The van der Waals surface area contributed by atoms with Crippen molar-refractivity contribution in [1.82, 2.24) is 0 Å². The van der Waals surface area contributed by atoms with Crippen LogP contribution in [0, 0.1) is 0 Å². The maximum atomic E-state index is 4.05. The zero-order chi connectivity index (χ0) is 10.1. The molecule has 2 heteroatoms. The van der Waals surface area contributed by atoms with Gasteiger partial charge in [-0.1, -0.05) is 26.5 Å². The van der Waals surface area contributed by atoms with Gasteiger partial charge in [-0.25, -0.2) is 0 Å². The number of hydrogen-bond donors (Lipinski definition) is 0. The van der Waals surface area contributed by atoms with E-state index in [1.165, 1.54) is 6.20 Å². The van der Waals surface area contributed by atoms with Crippen LogP contribution in [0.4, 0.5) is 0 Å². The Kier molecular flexibility index (Phi) is 6.42. The zero-order valence-corrected chi connectivity index (χ0v) is 8.49. The first kappa shape index (κ1) is 11.6. The molecule has 1 rings (SSSR count). The van der Waals surface area contributed by atoms with Gasteiger partial charge in [-0.15, -0.1) is 0 Å². The maximum Gasteiger partial charge on any atom is 0.0881 e. The summed E-state index contributed by atoms with van der Waals surface area (Å²) in [6.45, 7) is 9.49. The third-order valence-corrected chi connectivity index (χ3v) is 1.37.